The summed E-state index contributed by atoms with van der Waals surface area (Å²) in [5.41, 5.74) is 2.70. The van der Waals surface area contributed by atoms with Gasteiger partial charge in [0.15, 0.2) is 0 Å². The molecule has 1 aromatic rings. The van der Waals surface area contributed by atoms with E-state index in [1.54, 1.807) is 0 Å². The quantitative estimate of drug-likeness (QED) is 0.585. The first kappa shape index (κ1) is 7.35. The molecule has 0 spiro atoms. The maximum absolute atomic E-state index is 2.21. The Morgan fingerprint density at radius 2 is 1.50 bits per heavy atom. The van der Waals surface area contributed by atoms with Crippen LogP contribution in [0.15, 0.2) is 48.6 Å². The van der Waals surface area contributed by atoms with Gasteiger partial charge in [-0.15, -0.1) is 0 Å². The van der Waals surface area contributed by atoms with Crippen molar-refractivity contribution in [2.45, 2.75) is 12.8 Å². The predicted molar refractivity (Wildman–Crippen MR) is 52.2 cm³/mol. The van der Waals surface area contributed by atoms with Crippen LogP contribution in [0.25, 0.3) is 0 Å². The van der Waals surface area contributed by atoms with Gasteiger partial charge in [-0.05, 0) is 12.5 Å². The van der Waals surface area contributed by atoms with Crippen molar-refractivity contribution in [2.75, 3.05) is 0 Å². The number of aryl methyl sites for hydroxylation is 1. The molecule has 1 aromatic carbocycles. The molecule has 0 aliphatic heterocycles. The summed E-state index contributed by atoms with van der Waals surface area (Å²) in [7, 11) is 0. The van der Waals surface area contributed by atoms with E-state index in [0.717, 1.165) is 0 Å². The second kappa shape index (κ2) is 2.98. The van der Waals surface area contributed by atoms with Gasteiger partial charge in [-0.1, -0.05) is 54.1 Å². The third-order valence-electron chi connectivity index (χ3n) is 2.21. The van der Waals surface area contributed by atoms with E-state index in [4.69, 9.17) is 0 Å². The zero-order chi connectivity index (χ0) is 8.39. The van der Waals surface area contributed by atoms with Crippen molar-refractivity contribution in [1.29, 1.82) is 0 Å². The second-order valence-corrected chi connectivity index (χ2v) is 3.21. The molecule has 1 aliphatic carbocycles. The van der Waals surface area contributed by atoms with Crippen molar-refractivity contribution in [3.63, 3.8) is 0 Å². The van der Waals surface area contributed by atoms with Crippen LogP contribution in [0.1, 0.15) is 17.0 Å². The Morgan fingerprint density at radius 1 is 0.917 bits per heavy atom. The summed E-state index contributed by atoms with van der Waals surface area (Å²) in [6, 6.07) is 8.71. The fourth-order valence-corrected chi connectivity index (χ4v) is 1.44. The molecule has 0 aromatic heterocycles. The molecule has 0 N–H and O–H groups in total. The van der Waals surface area contributed by atoms with Crippen LogP contribution in [0.3, 0.4) is 0 Å². The SMILES string of the molecule is Cc1ccc(C2C=CC=C2)cc1. The van der Waals surface area contributed by atoms with E-state index in [1.807, 2.05) is 0 Å². The average Bonchev–Trinajstić information content (AvgIpc) is 2.58. The summed E-state index contributed by atoms with van der Waals surface area (Å²) in [6.07, 6.45) is 8.63. The molecule has 2 rings (SSSR count). The lowest BCUT2D eigenvalue weighted by Crippen LogP contribution is -1.87. The van der Waals surface area contributed by atoms with Crippen LogP contribution in [0, 0.1) is 6.92 Å². The van der Waals surface area contributed by atoms with Crippen molar-refractivity contribution in [2.24, 2.45) is 0 Å². The molecule has 0 heteroatoms. The first-order chi connectivity index (χ1) is 5.86. The first-order valence-electron chi connectivity index (χ1n) is 4.28. The van der Waals surface area contributed by atoms with Crippen molar-refractivity contribution >= 4 is 0 Å². The number of allylic oxidation sites excluding steroid dienone is 4. The number of hydrogen-bond donors (Lipinski definition) is 0. The Hall–Kier alpha value is -1.30. The van der Waals surface area contributed by atoms with Crippen LogP contribution < -0.4 is 0 Å². The first-order valence-corrected chi connectivity index (χ1v) is 4.28. The lowest BCUT2D eigenvalue weighted by Gasteiger charge is -2.04. The van der Waals surface area contributed by atoms with E-state index in [2.05, 4.69) is 55.5 Å². The number of rotatable bonds is 1. The molecule has 60 valence electrons. The van der Waals surface area contributed by atoms with Gasteiger partial charge >= 0.3 is 0 Å². The fourth-order valence-electron chi connectivity index (χ4n) is 1.44. The van der Waals surface area contributed by atoms with Gasteiger partial charge in [0.1, 0.15) is 0 Å². The van der Waals surface area contributed by atoms with E-state index in [1.165, 1.54) is 11.1 Å². The summed E-state index contributed by atoms with van der Waals surface area (Å²) < 4.78 is 0. The van der Waals surface area contributed by atoms with E-state index in [9.17, 15) is 0 Å². The van der Waals surface area contributed by atoms with Crippen LogP contribution >= 0.6 is 0 Å². The van der Waals surface area contributed by atoms with Crippen molar-refractivity contribution < 1.29 is 0 Å². The van der Waals surface area contributed by atoms with Gasteiger partial charge in [0.2, 0.25) is 0 Å². The summed E-state index contributed by atoms with van der Waals surface area (Å²) >= 11 is 0. The average molecular weight is 156 g/mol. The van der Waals surface area contributed by atoms with Gasteiger partial charge in [0.05, 0.1) is 0 Å². The molecular formula is C12H12. The summed E-state index contributed by atoms with van der Waals surface area (Å²) in [4.78, 5) is 0. The largest absolute Gasteiger partial charge is 0.0732 e. The maximum Gasteiger partial charge on any atom is 0.0204 e. The predicted octanol–water partition coefficient (Wildman–Crippen LogP) is 3.20. The Morgan fingerprint density at radius 3 is 2.08 bits per heavy atom. The van der Waals surface area contributed by atoms with Crippen molar-refractivity contribution in [1.82, 2.24) is 0 Å². The van der Waals surface area contributed by atoms with Gasteiger partial charge in [0, 0.05) is 5.92 Å². The third-order valence-corrected chi connectivity index (χ3v) is 2.21. The number of hydrogen-bond acceptors (Lipinski definition) is 0. The Labute approximate surface area is 73.2 Å². The zero-order valence-corrected chi connectivity index (χ0v) is 7.20. The lowest BCUT2D eigenvalue weighted by molar-refractivity contribution is 1.10. The molecule has 0 saturated heterocycles. The summed E-state index contributed by atoms with van der Waals surface area (Å²) in [6.45, 7) is 2.12. The molecule has 0 saturated carbocycles. The molecule has 0 amide bonds. The molecule has 0 atom stereocenters. The van der Waals surface area contributed by atoms with Crippen molar-refractivity contribution in [3.05, 3.63) is 59.7 Å². The lowest BCUT2D eigenvalue weighted by atomic mass is 10.00. The van der Waals surface area contributed by atoms with Gasteiger partial charge in [-0.3, -0.25) is 0 Å². The molecule has 0 bridgehead atoms. The Bertz CT molecular complexity index is 302. The van der Waals surface area contributed by atoms with Crippen LogP contribution in [-0.4, -0.2) is 0 Å². The van der Waals surface area contributed by atoms with E-state index in [-0.39, 0.29) is 0 Å². The third kappa shape index (κ3) is 1.33. The standard InChI is InChI=1S/C12H12/c1-10-6-8-12(9-7-10)11-4-2-3-5-11/h2-9,11H,1H3. The highest BCUT2D eigenvalue weighted by atomic mass is 14.1. The van der Waals surface area contributed by atoms with Gasteiger partial charge in [-0.25, -0.2) is 0 Å². The van der Waals surface area contributed by atoms with E-state index < -0.39 is 0 Å². The van der Waals surface area contributed by atoms with Gasteiger partial charge < -0.3 is 0 Å². The van der Waals surface area contributed by atoms with Crippen LogP contribution in [0.4, 0.5) is 0 Å². The minimum atomic E-state index is 0.505. The molecule has 1 aliphatic rings. The highest BCUT2D eigenvalue weighted by Gasteiger charge is 2.05. The van der Waals surface area contributed by atoms with Crippen LogP contribution in [-0.2, 0) is 0 Å². The minimum absolute atomic E-state index is 0.505. The summed E-state index contributed by atoms with van der Waals surface area (Å²) in [5, 5.41) is 0. The summed E-state index contributed by atoms with van der Waals surface area (Å²) in [5.74, 6) is 0.505. The van der Waals surface area contributed by atoms with Gasteiger partial charge in [0.25, 0.3) is 0 Å². The highest BCUT2D eigenvalue weighted by Crippen LogP contribution is 2.22. The Balaban J connectivity index is 2.29. The molecule has 12 heavy (non-hydrogen) atoms. The molecule has 0 unspecified atom stereocenters. The molecule has 0 radical (unpaired) electrons. The molecule has 0 nitrogen and oxygen atoms in total. The van der Waals surface area contributed by atoms with Crippen molar-refractivity contribution in [3.8, 4) is 0 Å². The smallest absolute Gasteiger partial charge is 0.0204 e. The monoisotopic (exact) mass is 156 g/mol. The maximum atomic E-state index is 2.21. The highest BCUT2D eigenvalue weighted by molar-refractivity contribution is 5.35. The molecular weight excluding hydrogens is 144 g/mol. The zero-order valence-electron chi connectivity index (χ0n) is 7.20. The van der Waals surface area contributed by atoms with Gasteiger partial charge in [-0.2, -0.15) is 0 Å². The fraction of sp³-hybridized carbons (Fsp3) is 0.167. The molecule has 0 fully saturated rings. The topological polar surface area (TPSA) is 0 Å². The Kier molecular flexibility index (Phi) is 1.83. The normalized spacial score (nSPS) is 15.8. The molecule has 0 heterocycles. The minimum Gasteiger partial charge on any atom is -0.0732 e. The van der Waals surface area contributed by atoms with Crippen LogP contribution in [0.2, 0.25) is 0 Å². The van der Waals surface area contributed by atoms with E-state index >= 15 is 0 Å². The van der Waals surface area contributed by atoms with Crippen LogP contribution in [0.5, 0.6) is 0 Å². The van der Waals surface area contributed by atoms with E-state index in [0.29, 0.717) is 5.92 Å². The number of benzene rings is 1. The second-order valence-electron chi connectivity index (χ2n) is 3.21.